The van der Waals surface area contributed by atoms with Gasteiger partial charge in [-0.25, -0.2) is 0 Å². The molecule has 1 heterocycles. The highest BCUT2D eigenvalue weighted by Crippen LogP contribution is 2.20. The summed E-state index contributed by atoms with van der Waals surface area (Å²) in [5.41, 5.74) is 0.533. The molecule has 2 atom stereocenters. The van der Waals surface area contributed by atoms with Crippen molar-refractivity contribution in [1.29, 1.82) is 0 Å². The molecule has 0 fully saturated rings. The third kappa shape index (κ3) is 5.08. The zero-order valence-electron chi connectivity index (χ0n) is 16.4. The molecule has 2 amide bonds. The zero-order valence-corrected chi connectivity index (χ0v) is 16.4. The first-order valence-corrected chi connectivity index (χ1v) is 8.39. The van der Waals surface area contributed by atoms with E-state index in [2.05, 4.69) is 57.3 Å². The summed E-state index contributed by atoms with van der Waals surface area (Å²) in [6.07, 6.45) is 0. The van der Waals surface area contributed by atoms with Crippen molar-refractivity contribution < 1.29 is 9.59 Å². The van der Waals surface area contributed by atoms with Crippen molar-refractivity contribution in [3.8, 4) is 0 Å². The molecule has 0 spiro atoms. The van der Waals surface area contributed by atoms with Crippen LogP contribution in [0.2, 0.25) is 0 Å². The van der Waals surface area contributed by atoms with Gasteiger partial charge in [0.15, 0.2) is 5.69 Å². The van der Waals surface area contributed by atoms with Crippen LogP contribution in [0.3, 0.4) is 0 Å². The van der Waals surface area contributed by atoms with Gasteiger partial charge in [0.05, 0.1) is 0 Å². The van der Waals surface area contributed by atoms with E-state index in [9.17, 15) is 9.59 Å². The second kappa shape index (κ2) is 6.95. The summed E-state index contributed by atoms with van der Waals surface area (Å²) in [6.45, 7) is 16.3. The molecular weight excluding hydrogens is 304 g/mol. The fourth-order valence-corrected chi connectivity index (χ4v) is 1.76. The number of rotatable bonds is 4. The Bertz CT molecular complexity index is 606. The molecule has 0 saturated heterocycles. The van der Waals surface area contributed by atoms with Crippen LogP contribution < -0.4 is 10.6 Å². The first-order chi connectivity index (χ1) is 10.7. The summed E-state index contributed by atoms with van der Waals surface area (Å²) < 4.78 is 1.45. The first-order valence-electron chi connectivity index (χ1n) is 8.39. The maximum atomic E-state index is 12.4. The van der Waals surface area contributed by atoms with E-state index in [-0.39, 0.29) is 40.4 Å². The fourth-order valence-electron chi connectivity index (χ4n) is 1.76. The van der Waals surface area contributed by atoms with Crippen molar-refractivity contribution in [2.45, 2.75) is 67.5 Å². The lowest BCUT2D eigenvalue weighted by Gasteiger charge is -2.28. The van der Waals surface area contributed by atoms with Gasteiger partial charge >= 0.3 is 0 Å². The predicted octanol–water partition coefficient (Wildman–Crippen LogP) is 2.75. The van der Waals surface area contributed by atoms with Crippen LogP contribution >= 0.6 is 0 Å². The number of amides is 2. The minimum absolute atomic E-state index is 0.00177. The SMILES string of the molecule is C[C@@H](NC(=O)c1cc(C(=O)N[C@H](C)C(C)(C)C)n(C)n1)C(C)(C)C. The molecule has 6 nitrogen and oxygen atoms in total. The van der Waals surface area contributed by atoms with Crippen molar-refractivity contribution in [3.63, 3.8) is 0 Å². The molecular formula is C18H32N4O2. The molecule has 0 aliphatic heterocycles. The van der Waals surface area contributed by atoms with Crippen LogP contribution in [0.25, 0.3) is 0 Å². The van der Waals surface area contributed by atoms with Crippen molar-refractivity contribution in [1.82, 2.24) is 20.4 Å². The average Bonchev–Trinajstić information content (AvgIpc) is 2.78. The van der Waals surface area contributed by atoms with Crippen molar-refractivity contribution in [3.05, 3.63) is 17.5 Å². The number of carbonyl (C=O) groups excluding carboxylic acids is 2. The van der Waals surface area contributed by atoms with Crippen LogP contribution in [0, 0.1) is 10.8 Å². The summed E-state index contributed by atoms with van der Waals surface area (Å²) in [7, 11) is 1.67. The summed E-state index contributed by atoms with van der Waals surface area (Å²) in [4.78, 5) is 24.8. The molecule has 0 saturated carbocycles. The number of nitrogens with one attached hydrogen (secondary N) is 2. The van der Waals surface area contributed by atoms with E-state index in [0.29, 0.717) is 5.69 Å². The lowest BCUT2D eigenvalue weighted by Crippen LogP contribution is -2.42. The van der Waals surface area contributed by atoms with E-state index >= 15 is 0 Å². The van der Waals surface area contributed by atoms with Gasteiger partial charge in [-0.15, -0.1) is 0 Å². The number of aromatic nitrogens is 2. The lowest BCUT2D eigenvalue weighted by molar-refractivity contribution is 0.0895. The largest absolute Gasteiger partial charge is 0.348 e. The van der Waals surface area contributed by atoms with Crippen LogP contribution in [0.1, 0.15) is 76.4 Å². The summed E-state index contributed by atoms with van der Waals surface area (Å²) in [5, 5.41) is 10.1. The summed E-state index contributed by atoms with van der Waals surface area (Å²) >= 11 is 0. The second-order valence-corrected chi connectivity index (χ2v) is 8.66. The predicted molar refractivity (Wildman–Crippen MR) is 96.0 cm³/mol. The van der Waals surface area contributed by atoms with E-state index in [1.807, 2.05) is 13.8 Å². The molecule has 0 radical (unpaired) electrons. The van der Waals surface area contributed by atoms with Gasteiger partial charge < -0.3 is 10.6 Å². The molecule has 0 aliphatic rings. The van der Waals surface area contributed by atoms with Gasteiger partial charge in [0.2, 0.25) is 0 Å². The van der Waals surface area contributed by atoms with Gasteiger partial charge in [0.25, 0.3) is 11.8 Å². The van der Waals surface area contributed by atoms with E-state index in [4.69, 9.17) is 0 Å². The zero-order chi connectivity index (χ0) is 18.9. The quantitative estimate of drug-likeness (QED) is 0.887. The van der Waals surface area contributed by atoms with E-state index in [0.717, 1.165) is 0 Å². The van der Waals surface area contributed by atoms with Gasteiger partial charge in [0, 0.05) is 25.2 Å². The minimum Gasteiger partial charge on any atom is -0.348 e. The van der Waals surface area contributed by atoms with E-state index < -0.39 is 0 Å². The smallest absolute Gasteiger partial charge is 0.272 e. The number of hydrogen-bond acceptors (Lipinski definition) is 3. The van der Waals surface area contributed by atoms with Gasteiger partial charge in [-0.2, -0.15) is 5.10 Å². The lowest BCUT2D eigenvalue weighted by atomic mass is 9.88. The third-order valence-corrected chi connectivity index (χ3v) is 4.64. The van der Waals surface area contributed by atoms with Crippen molar-refractivity contribution in [2.24, 2.45) is 17.9 Å². The number of aryl methyl sites for hydroxylation is 1. The molecule has 24 heavy (non-hydrogen) atoms. The highest BCUT2D eigenvalue weighted by Gasteiger charge is 2.26. The van der Waals surface area contributed by atoms with Crippen LogP contribution in [0.15, 0.2) is 6.07 Å². The highest BCUT2D eigenvalue weighted by atomic mass is 16.2. The standard InChI is InChI=1S/C18H32N4O2/c1-11(17(3,4)5)19-15(23)13-10-14(22(9)21-13)16(24)20-12(2)18(6,7)8/h10-12H,1-9H3,(H,19,23)(H,20,24)/t11-,12-/m1/s1. The Kier molecular flexibility index (Phi) is 5.85. The highest BCUT2D eigenvalue weighted by molar-refractivity contribution is 5.98. The maximum Gasteiger partial charge on any atom is 0.272 e. The number of nitrogens with zero attached hydrogens (tertiary/aromatic N) is 2. The Morgan fingerprint density at radius 1 is 0.958 bits per heavy atom. The molecule has 0 aliphatic carbocycles. The molecule has 0 aromatic carbocycles. The summed E-state index contributed by atoms with van der Waals surface area (Å²) in [5.74, 6) is -0.494. The molecule has 6 heteroatoms. The van der Waals surface area contributed by atoms with Crippen LogP contribution in [0.5, 0.6) is 0 Å². The van der Waals surface area contributed by atoms with Crippen LogP contribution in [-0.2, 0) is 7.05 Å². The van der Waals surface area contributed by atoms with E-state index in [1.165, 1.54) is 10.7 Å². The van der Waals surface area contributed by atoms with Gasteiger partial charge in [-0.1, -0.05) is 41.5 Å². The number of carbonyl (C=O) groups is 2. The Morgan fingerprint density at radius 3 is 1.79 bits per heavy atom. The van der Waals surface area contributed by atoms with E-state index in [1.54, 1.807) is 7.05 Å². The van der Waals surface area contributed by atoms with Gasteiger partial charge in [-0.3, -0.25) is 14.3 Å². The van der Waals surface area contributed by atoms with Gasteiger partial charge in [-0.05, 0) is 24.7 Å². The molecule has 2 N–H and O–H groups in total. The van der Waals surface area contributed by atoms with Gasteiger partial charge in [0.1, 0.15) is 5.69 Å². The molecule has 0 unspecified atom stereocenters. The Morgan fingerprint density at radius 2 is 1.38 bits per heavy atom. The van der Waals surface area contributed by atoms with Crippen molar-refractivity contribution in [2.75, 3.05) is 0 Å². The second-order valence-electron chi connectivity index (χ2n) is 8.66. The molecule has 1 rings (SSSR count). The third-order valence-electron chi connectivity index (χ3n) is 4.64. The molecule has 136 valence electrons. The molecule has 0 bridgehead atoms. The Labute approximate surface area is 145 Å². The van der Waals surface area contributed by atoms with Crippen LogP contribution in [-0.4, -0.2) is 33.7 Å². The first kappa shape index (κ1) is 20.2. The monoisotopic (exact) mass is 336 g/mol. The number of hydrogen-bond donors (Lipinski definition) is 2. The molecule has 1 aromatic rings. The Hall–Kier alpha value is -1.85. The Balaban J connectivity index is 2.88. The summed E-state index contributed by atoms with van der Waals surface area (Å²) in [6, 6.07) is 1.53. The minimum atomic E-state index is -0.268. The van der Waals surface area contributed by atoms with Crippen molar-refractivity contribution >= 4 is 11.8 Å². The van der Waals surface area contributed by atoms with Crippen LogP contribution in [0.4, 0.5) is 0 Å². The normalized spacial score (nSPS) is 14.9. The molecule has 1 aromatic heterocycles. The maximum absolute atomic E-state index is 12.4. The topological polar surface area (TPSA) is 76.0 Å². The average molecular weight is 336 g/mol. The fraction of sp³-hybridized carbons (Fsp3) is 0.722.